The quantitative estimate of drug-likeness (QED) is 0.911. The van der Waals surface area contributed by atoms with Crippen molar-refractivity contribution in [3.05, 3.63) is 42.1 Å². The highest BCUT2D eigenvalue weighted by atomic mass is 16.3. The van der Waals surface area contributed by atoms with Gasteiger partial charge in [0.2, 0.25) is 0 Å². The number of aliphatic hydroxyl groups excluding tert-OH is 1. The Kier molecular flexibility index (Phi) is 4.11. The number of aromatic nitrogens is 2. The van der Waals surface area contributed by atoms with Crippen LogP contribution in [-0.2, 0) is 0 Å². The molecule has 1 aromatic carbocycles. The highest BCUT2D eigenvalue weighted by molar-refractivity contribution is 5.89. The minimum atomic E-state index is -0.147. The molecule has 0 bridgehead atoms. The van der Waals surface area contributed by atoms with Gasteiger partial charge in [-0.25, -0.2) is 9.48 Å². The summed E-state index contributed by atoms with van der Waals surface area (Å²) >= 11 is 0. The minimum Gasteiger partial charge on any atom is -0.396 e. The predicted molar refractivity (Wildman–Crippen MR) is 84.1 cm³/mol. The number of carbonyl (C=O) groups is 1. The fourth-order valence-corrected chi connectivity index (χ4v) is 2.75. The van der Waals surface area contributed by atoms with Crippen LogP contribution in [0, 0.1) is 12.8 Å². The Balaban J connectivity index is 1.76. The lowest BCUT2D eigenvalue weighted by Gasteiger charge is -2.18. The van der Waals surface area contributed by atoms with Gasteiger partial charge >= 0.3 is 6.03 Å². The first-order valence-electron chi connectivity index (χ1n) is 7.46. The normalized spacial score (nSPS) is 17.7. The number of nitrogens with one attached hydrogen (secondary N) is 1. The molecule has 3 rings (SSSR count). The van der Waals surface area contributed by atoms with Crippen molar-refractivity contribution >= 4 is 11.8 Å². The monoisotopic (exact) mass is 300 g/mol. The van der Waals surface area contributed by atoms with Gasteiger partial charge in [-0.1, -0.05) is 18.2 Å². The summed E-state index contributed by atoms with van der Waals surface area (Å²) < 4.78 is 1.73. The first-order chi connectivity index (χ1) is 10.7. The van der Waals surface area contributed by atoms with Crippen molar-refractivity contribution < 1.29 is 9.90 Å². The summed E-state index contributed by atoms with van der Waals surface area (Å²) in [5, 5.41) is 16.4. The number of urea groups is 1. The summed E-state index contributed by atoms with van der Waals surface area (Å²) in [6, 6.07) is 9.53. The highest BCUT2D eigenvalue weighted by Crippen LogP contribution is 2.20. The number of para-hydroxylation sites is 1. The van der Waals surface area contributed by atoms with Crippen LogP contribution in [0.15, 0.2) is 36.5 Å². The Morgan fingerprint density at radius 1 is 1.41 bits per heavy atom. The average molecular weight is 300 g/mol. The van der Waals surface area contributed by atoms with Crippen LogP contribution in [0.5, 0.6) is 0 Å². The van der Waals surface area contributed by atoms with Crippen LogP contribution in [0.1, 0.15) is 12.0 Å². The number of likely N-dealkylation sites (tertiary alicyclic amines) is 1. The van der Waals surface area contributed by atoms with Crippen LogP contribution >= 0.6 is 0 Å². The molecule has 2 N–H and O–H groups in total. The minimum absolute atomic E-state index is 0.130. The van der Waals surface area contributed by atoms with Gasteiger partial charge in [0.15, 0.2) is 0 Å². The van der Waals surface area contributed by atoms with Crippen LogP contribution in [0.2, 0.25) is 0 Å². The van der Waals surface area contributed by atoms with Gasteiger partial charge in [0, 0.05) is 31.7 Å². The molecule has 0 saturated carbocycles. The van der Waals surface area contributed by atoms with Gasteiger partial charge < -0.3 is 10.0 Å². The Labute approximate surface area is 129 Å². The molecule has 1 aliphatic heterocycles. The van der Waals surface area contributed by atoms with E-state index < -0.39 is 0 Å². The number of hydrogen-bond acceptors (Lipinski definition) is 3. The Morgan fingerprint density at radius 3 is 2.95 bits per heavy atom. The smallest absolute Gasteiger partial charge is 0.323 e. The first kappa shape index (κ1) is 14.6. The molecular formula is C16H20N4O2. The summed E-state index contributed by atoms with van der Waals surface area (Å²) in [5.41, 5.74) is 2.03. The van der Waals surface area contributed by atoms with E-state index in [1.807, 2.05) is 31.2 Å². The van der Waals surface area contributed by atoms with Crippen molar-refractivity contribution in [2.75, 3.05) is 25.0 Å². The fraction of sp³-hybridized carbons (Fsp3) is 0.375. The lowest BCUT2D eigenvalue weighted by Crippen LogP contribution is -2.33. The molecule has 2 amide bonds. The van der Waals surface area contributed by atoms with Crippen molar-refractivity contribution in [1.82, 2.24) is 14.7 Å². The van der Waals surface area contributed by atoms with E-state index in [2.05, 4.69) is 10.4 Å². The lowest BCUT2D eigenvalue weighted by molar-refractivity contribution is 0.208. The van der Waals surface area contributed by atoms with Crippen molar-refractivity contribution in [2.24, 2.45) is 5.92 Å². The summed E-state index contributed by atoms with van der Waals surface area (Å²) in [6.45, 7) is 3.41. The molecule has 0 radical (unpaired) electrons. The molecule has 1 saturated heterocycles. The number of anilines is 1. The third-order valence-electron chi connectivity index (χ3n) is 4.05. The second-order valence-corrected chi connectivity index (χ2v) is 5.63. The number of nitrogens with zero attached hydrogens (tertiary/aromatic N) is 3. The molecule has 1 atom stereocenters. The van der Waals surface area contributed by atoms with Crippen molar-refractivity contribution in [1.29, 1.82) is 0 Å². The maximum absolute atomic E-state index is 12.3. The number of rotatable bonds is 3. The van der Waals surface area contributed by atoms with Gasteiger partial charge in [0.05, 0.1) is 11.9 Å². The molecule has 2 heterocycles. The summed E-state index contributed by atoms with van der Waals surface area (Å²) in [5.74, 6) is 0.832. The zero-order valence-corrected chi connectivity index (χ0v) is 12.6. The highest BCUT2D eigenvalue weighted by Gasteiger charge is 2.26. The second kappa shape index (κ2) is 6.19. The van der Waals surface area contributed by atoms with Gasteiger partial charge in [-0.2, -0.15) is 5.10 Å². The van der Waals surface area contributed by atoms with Crippen molar-refractivity contribution in [2.45, 2.75) is 13.3 Å². The zero-order chi connectivity index (χ0) is 15.5. The molecule has 1 aromatic heterocycles. The molecule has 116 valence electrons. The zero-order valence-electron chi connectivity index (χ0n) is 12.6. The van der Waals surface area contributed by atoms with E-state index in [0.29, 0.717) is 18.9 Å². The van der Waals surface area contributed by atoms with E-state index in [-0.39, 0.29) is 18.6 Å². The van der Waals surface area contributed by atoms with Crippen LogP contribution in [0.4, 0.5) is 10.6 Å². The number of aliphatic hydroxyl groups is 1. The molecule has 1 unspecified atom stereocenters. The molecule has 2 aromatic rings. The van der Waals surface area contributed by atoms with E-state index in [1.54, 1.807) is 21.8 Å². The molecular weight excluding hydrogens is 280 g/mol. The van der Waals surface area contributed by atoms with Crippen molar-refractivity contribution in [3.63, 3.8) is 0 Å². The lowest BCUT2D eigenvalue weighted by atomic mass is 10.1. The van der Waals surface area contributed by atoms with Crippen LogP contribution in [0.3, 0.4) is 0 Å². The fourth-order valence-electron chi connectivity index (χ4n) is 2.75. The van der Waals surface area contributed by atoms with Gasteiger partial charge in [-0.3, -0.25) is 5.32 Å². The molecule has 6 heteroatoms. The van der Waals surface area contributed by atoms with E-state index in [9.17, 15) is 9.90 Å². The maximum Gasteiger partial charge on any atom is 0.323 e. The third-order valence-corrected chi connectivity index (χ3v) is 4.05. The number of hydrogen-bond donors (Lipinski definition) is 2. The topological polar surface area (TPSA) is 70.4 Å². The number of benzene rings is 1. The number of amides is 2. The number of aryl methyl sites for hydroxylation is 1. The van der Waals surface area contributed by atoms with E-state index >= 15 is 0 Å². The largest absolute Gasteiger partial charge is 0.396 e. The van der Waals surface area contributed by atoms with E-state index in [1.165, 1.54) is 0 Å². The van der Waals surface area contributed by atoms with E-state index in [0.717, 1.165) is 17.7 Å². The molecule has 6 nitrogen and oxygen atoms in total. The molecule has 0 spiro atoms. The van der Waals surface area contributed by atoms with E-state index in [4.69, 9.17) is 0 Å². The third kappa shape index (κ3) is 2.82. The van der Waals surface area contributed by atoms with Crippen LogP contribution in [-0.4, -0.2) is 45.5 Å². The van der Waals surface area contributed by atoms with Crippen LogP contribution in [0.25, 0.3) is 5.69 Å². The van der Waals surface area contributed by atoms with Crippen molar-refractivity contribution in [3.8, 4) is 5.69 Å². The van der Waals surface area contributed by atoms with Gasteiger partial charge in [0.25, 0.3) is 0 Å². The second-order valence-electron chi connectivity index (χ2n) is 5.63. The Hall–Kier alpha value is -2.34. The summed E-state index contributed by atoms with van der Waals surface area (Å²) in [4.78, 5) is 14.1. The molecule has 1 fully saturated rings. The Morgan fingerprint density at radius 2 is 2.23 bits per heavy atom. The molecule has 0 aliphatic carbocycles. The first-order valence-corrected chi connectivity index (χ1v) is 7.46. The maximum atomic E-state index is 12.3. The SMILES string of the molecule is Cc1ccccc1-n1nccc1NC(=O)N1CCC(CO)C1. The predicted octanol–water partition coefficient (Wildman–Crippen LogP) is 2.03. The van der Waals surface area contributed by atoms with Crippen LogP contribution < -0.4 is 5.32 Å². The number of carbonyl (C=O) groups excluding carboxylic acids is 1. The standard InChI is InChI=1S/C16H20N4O2/c1-12-4-2-3-5-14(12)20-15(6-8-17-20)18-16(22)19-9-7-13(10-19)11-21/h2-6,8,13,21H,7,9-11H2,1H3,(H,18,22). The molecule has 1 aliphatic rings. The summed E-state index contributed by atoms with van der Waals surface area (Å²) in [7, 11) is 0. The average Bonchev–Trinajstić information content (AvgIpc) is 3.16. The Bertz CT molecular complexity index is 668. The summed E-state index contributed by atoms with van der Waals surface area (Å²) in [6.07, 6.45) is 2.52. The van der Waals surface area contributed by atoms with Gasteiger partial charge in [-0.15, -0.1) is 0 Å². The van der Waals surface area contributed by atoms with Gasteiger partial charge in [-0.05, 0) is 25.0 Å². The van der Waals surface area contributed by atoms with Gasteiger partial charge in [0.1, 0.15) is 5.82 Å². The molecule has 22 heavy (non-hydrogen) atoms.